The predicted molar refractivity (Wildman–Crippen MR) is 116 cm³/mol. The molecule has 1 aliphatic heterocycles. The van der Waals surface area contributed by atoms with Gasteiger partial charge in [0.2, 0.25) is 0 Å². The Balaban J connectivity index is 1.50. The summed E-state index contributed by atoms with van der Waals surface area (Å²) in [6.45, 7) is 3.55. The molecule has 0 atom stereocenters. The minimum atomic E-state index is -0.546. The summed E-state index contributed by atoms with van der Waals surface area (Å²) in [6, 6.07) is 11.9. The Bertz CT molecular complexity index is 1130. The normalized spacial score (nSPS) is 14.3. The van der Waals surface area contributed by atoms with Crippen molar-refractivity contribution >= 4 is 11.8 Å². The van der Waals surface area contributed by atoms with Crippen molar-refractivity contribution in [3.05, 3.63) is 83.2 Å². The van der Waals surface area contributed by atoms with Crippen molar-refractivity contribution in [1.82, 2.24) is 19.6 Å². The van der Waals surface area contributed by atoms with E-state index in [1.807, 2.05) is 6.92 Å². The summed E-state index contributed by atoms with van der Waals surface area (Å²) in [7, 11) is 0. The molecule has 1 saturated heterocycles. The molecule has 0 bridgehead atoms. The molecule has 8 heteroatoms. The first kappa shape index (κ1) is 21.7. The molecule has 2 aromatic carbocycles. The van der Waals surface area contributed by atoms with Crippen LogP contribution in [-0.4, -0.2) is 57.6 Å². The summed E-state index contributed by atoms with van der Waals surface area (Å²) >= 11 is 0. The molecule has 166 valence electrons. The highest BCUT2D eigenvalue weighted by atomic mass is 19.1. The minimum Gasteiger partial charge on any atom is -0.337 e. The standard InChI is InChI=1S/C24H24F2N4O2/c1-2-22-20(16-27-30(22)18-10-8-17(25)9-11-18)24(32)29-13-5-12-28(14-15-29)23(31)19-6-3-4-7-21(19)26/h3-4,6-11,16H,2,5,12-15H2,1H3. The molecule has 0 spiro atoms. The molecule has 6 nitrogen and oxygen atoms in total. The number of carbonyl (C=O) groups excluding carboxylic acids is 2. The topological polar surface area (TPSA) is 58.4 Å². The summed E-state index contributed by atoms with van der Waals surface area (Å²) in [4.78, 5) is 29.3. The third-order valence-electron chi connectivity index (χ3n) is 5.68. The smallest absolute Gasteiger partial charge is 0.257 e. The number of nitrogens with zero attached hydrogens (tertiary/aromatic N) is 4. The monoisotopic (exact) mass is 438 g/mol. The van der Waals surface area contributed by atoms with Gasteiger partial charge in [-0.2, -0.15) is 5.10 Å². The fraction of sp³-hybridized carbons (Fsp3) is 0.292. The van der Waals surface area contributed by atoms with Gasteiger partial charge in [-0.3, -0.25) is 9.59 Å². The summed E-state index contributed by atoms with van der Waals surface area (Å²) in [5, 5.41) is 4.36. The lowest BCUT2D eigenvalue weighted by molar-refractivity contribution is 0.0715. The number of amides is 2. The van der Waals surface area contributed by atoms with Gasteiger partial charge in [-0.05, 0) is 49.2 Å². The van der Waals surface area contributed by atoms with Crippen LogP contribution in [0.15, 0.2) is 54.7 Å². The van der Waals surface area contributed by atoms with Crippen LogP contribution in [0.2, 0.25) is 0 Å². The van der Waals surface area contributed by atoms with Crippen molar-refractivity contribution in [3.8, 4) is 5.69 Å². The van der Waals surface area contributed by atoms with Crippen LogP contribution in [0.1, 0.15) is 39.8 Å². The maximum atomic E-state index is 14.0. The average Bonchev–Trinajstić information content (AvgIpc) is 3.08. The van der Waals surface area contributed by atoms with E-state index in [0.29, 0.717) is 50.3 Å². The predicted octanol–water partition coefficient (Wildman–Crippen LogP) is 3.70. The fourth-order valence-electron chi connectivity index (χ4n) is 4.00. The average molecular weight is 438 g/mol. The van der Waals surface area contributed by atoms with Gasteiger partial charge in [-0.25, -0.2) is 13.5 Å². The van der Waals surface area contributed by atoms with Crippen molar-refractivity contribution in [2.24, 2.45) is 0 Å². The molecule has 1 fully saturated rings. The zero-order valence-electron chi connectivity index (χ0n) is 17.8. The highest BCUT2D eigenvalue weighted by molar-refractivity contribution is 5.96. The van der Waals surface area contributed by atoms with E-state index in [9.17, 15) is 18.4 Å². The molecule has 0 aliphatic carbocycles. The molecule has 0 N–H and O–H groups in total. The molecule has 2 amide bonds. The van der Waals surface area contributed by atoms with Crippen LogP contribution in [0.25, 0.3) is 5.69 Å². The van der Waals surface area contributed by atoms with Gasteiger partial charge in [-0.1, -0.05) is 19.1 Å². The lowest BCUT2D eigenvalue weighted by atomic mass is 10.1. The number of hydrogen-bond acceptors (Lipinski definition) is 3. The lowest BCUT2D eigenvalue weighted by Crippen LogP contribution is -2.37. The van der Waals surface area contributed by atoms with Gasteiger partial charge >= 0.3 is 0 Å². The molecule has 4 rings (SSSR count). The van der Waals surface area contributed by atoms with Crippen LogP contribution >= 0.6 is 0 Å². The van der Waals surface area contributed by atoms with Crippen LogP contribution in [0, 0.1) is 11.6 Å². The third kappa shape index (κ3) is 4.26. The number of aromatic nitrogens is 2. The number of hydrogen-bond donors (Lipinski definition) is 0. The van der Waals surface area contributed by atoms with E-state index in [2.05, 4.69) is 5.10 Å². The van der Waals surface area contributed by atoms with Crippen molar-refractivity contribution in [1.29, 1.82) is 0 Å². The number of halogens is 2. The second-order valence-corrected chi connectivity index (χ2v) is 7.66. The van der Waals surface area contributed by atoms with E-state index in [0.717, 1.165) is 5.69 Å². The van der Waals surface area contributed by atoms with Gasteiger partial charge < -0.3 is 9.80 Å². The first-order valence-corrected chi connectivity index (χ1v) is 10.7. The quantitative estimate of drug-likeness (QED) is 0.624. The van der Waals surface area contributed by atoms with Crippen molar-refractivity contribution in [2.75, 3.05) is 26.2 Å². The Morgan fingerprint density at radius 2 is 1.50 bits per heavy atom. The minimum absolute atomic E-state index is 0.0427. The highest BCUT2D eigenvalue weighted by Gasteiger charge is 2.27. The van der Waals surface area contributed by atoms with Gasteiger partial charge in [0.25, 0.3) is 11.8 Å². The first-order chi connectivity index (χ1) is 15.5. The molecular weight excluding hydrogens is 414 g/mol. The zero-order chi connectivity index (χ0) is 22.7. The maximum Gasteiger partial charge on any atom is 0.257 e. The second kappa shape index (κ2) is 9.30. The largest absolute Gasteiger partial charge is 0.337 e. The van der Waals surface area contributed by atoms with Crippen LogP contribution in [0.5, 0.6) is 0 Å². The van der Waals surface area contributed by atoms with Crippen LogP contribution < -0.4 is 0 Å². The zero-order valence-corrected chi connectivity index (χ0v) is 17.8. The Hall–Kier alpha value is -3.55. The molecule has 3 aromatic rings. The van der Waals surface area contributed by atoms with E-state index in [4.69, 9.17) is 0 Å². The molecule has 0 radical (unpaired) electrons. The summed E-state index contributed by atoms with van der Waals surface area (Å²) in [5.74, 6) is -1.41. The Morgan fingerprint density at radius 1 is 0.875 bits per heavy atom. The third-order valence-corrected chi connectivity index (χ3v) is 5.68. The van der Waals surface area contributed by atoms with Crippen LogP contribution in [0.3, 0.4) is 0 Å². The summed E-state index contributed by atoms with van der Waals surface area (Å²) in [5.41, 5.74) is 1.96. The Labute approximate surface area is 185 Å². The van der Waals surface area contributed by atoms with Gasteiger partial charge in [0.05, 0.1) is 28.7 Å². The first-order valence-electron chi connectivity index (χ1n) is 10.7. The number of rotatable bonds is 4. The maximum absolute atomic E-state index is 14.0. The Morgan fingerprint density at radius 3 is 2.12 bits per heavy atom. The van der Waals surface area contributed by atoms with E-state index >= 15 is 0 Å². The van der Waals surface area contributed by atoms with E-state index in [1.54, 1.807) is 38.7 Å². The van der Waals surface area contributed by atoms with E-state index in [1.165, 1.54) is 30.5 Å². The molecule has 0 saturated carbocycles. The van der Waals surface area contributed by atoms with Gasteiger partial charge in [-0.15, -0.1) is 0 Å². The number of benzene rings is 2. The van der Waals surface area contributed by atoms with E-state index < -0.39 is 5.82 Å². The summed E-state index contributed by atoms with van der Waals surface area (Å²) < 4.78 is 29.0. The highest BCUT2D eigenvalue weighted by Crippen LogP contribution is 2.20. The fourth-order valence-corrected chi connectivity index (χ4v) is 4.00. The van der Waals surface area contributed by atoms with Crippen LogP contribution in [0.4, 0.5) is 8.78 Å². The summed E-state index contributed by atoms with van der Waals surface area (Å²) in [6.07, 6.45) is 2.71. The van der Waals surface area contributed by atoms with Crippen LogP contribution in [-0.2, 0) is 6.42 Å². The molecule has 1 aromatic heterocycles. The molecule has 1 aliphatic rings. The van der Waals surface area contributed by atoms with Crippen molar-refractivity contribution < 1.29 is 18.4 Å². The second-order valence-electron chi connectivity index (χ2n) is 7.66. The molecule has 32 heavy (non-hydrogen) atoms. The van der Waals surface area contributed by atoms with E-state index in [-0.39, 0.29) is 23.2 Å². The Kier molecular flexibility index (Phi) is 6.30. The number of carbonyl (C=O) groups is 2. The SMILES string of the molecule is CCc1c(C(=O)N2CCCN(C(=O)c3ccccc3F)CC2)cnn1-c1ccc(F)cc1. The van der Waals surface area contributed by atoms with Crippen molar-refractivity contribution in [2.45, 2.75) is 19.8 Å². The lowest BCUT2D eigenvalue weighted by Gasteiger charge is -2.22. The van der Waals surface area contributed by atoms with Gasteiger partial charge in [0, 0.05) is 26.2 Å². The van der Waals surface area contributed by atoms with Crippen molar-refractivity contribution in [3.63, 3.8) is 0 Å². The molecular formula is C24H24F2N4O2. The molecule has 2 heterocycles. The van der Waals surface area contributed by atoms with Gasteiger partial charge in [0.1, 0.15) is 11.6 Å². The van der Waals surface area contributed by atoms with Gasteiger partial charge in [0.15, 0.2) is 0 Å². The molecule has 0 unspecified atom stereocenters.